The van der Waals surface area contributed by atoms with Crippen LogP contribution < -0.4 is 4.74 Å². The zero-order valence-corrected chi connectivity index (χ0v) is 11.6. The second kappa shape index (κ2) is 7.13. The molecule has 0 aliphatic carbocycles. The summed E-state index contributed by atoms with van der Waals surface area (Å²) in [6.45, 7) is -2.98. The number of para-hydroxylation sites is 1. The van der Waals surface area contributed by atoms with Crippen LogP contribution in [0.1, 0.15) is 11.1 Å². The van der Waals surface area contributed by atoms with E-state index in [2.05, 4.69) is 4.74 Å². The first kappa shape index (κ1) is 16.1. The molecule has 0 aliphatic rings. The second-order valence-corrected chi connectivity index (χ2v) is 4.39. The Labute approximate surface area is 130 Å². The number of hydrogen-bond acceptors (Lipinski definition) is 4. The fourth-order valence-electron chi connectivity index (χ4n) is 1.90. The Kier molecular flexibility index (Phi) is 5.00. The molecule has 0 saturated carbocycles. The van der Waals surface area contributed by atoms with Gasteiger partial charge in [0.1, 0.15) is 5.75 Å². The van der Waals surface area contributed by atoms with Gasteiger partial charge in [0.25, 0.3) is 5.69 Å². The van der Waals surface area contributed by atoms with Gasteiger partial charge in [0.15, 0.2) is 0 Å². The van der Waals surface area contributed by atoms with Crippen LogP contribution in [0.2, 0.25) is 0 Å². The first-order valence-electron chi connectivity index (χ1n) is 6.41. The fraction of sp³-hybridized carbons (Fsp3) is 0.0625. The summed E-state index contributed by atoms with van der Waals surface area (Å²) in [7, 11) is 0. The van der Waals surface area contributed by atoms with Gasteiger partial charge < -0.3 is 4.74 Å². The molecule has 0 bridgehead atoms. The third-order valence-corrected chi connectivity index (χ3v) is 2.94. The average Bonchev–Trinajstić information content (AvgIpc) is 2.53. The summed E-state index contributed by atoms with van der Waals surface area (Å²) in [4.78, 5) is 10.1. The zero-order chi connectivity index (χ0) is 16.8. The Morgan fingerprint density at radius 3 is 2.43 bits per heavy atom. The molecule has 0 spiro atoms. The van der Waals surface area contributed by atoms with Crippen molar-refractivity contribution in [3.63, 3.8) is 0 Å². The lowest BCUT2D eigenvalue weighted by atomic mass is 10.0. The van der Waals surface area contributed by atoms with Gasteiger partial charge >= 0.3 is 6.61 Å². The molecule has 2 aromatic carbocycles. The third-order valence-electron chi connectivity index (χ3n) is 2.94. The lowest BCUT2D eigenvalue weighted by molar-refractivity contribution is -0.384. The summed E-state index contributed by atoms with van der Waals surface area (Å²) in [5.74, 6) is -0.0582. The Hall–Kier alpha value is -3.27. The van der Waals surface area contributed by atoms with Crippen LogP contribution in [-0.4, -0.2) is 11.5 Å². The third kappa shape index (κ3) is 4.11. The summed E-state index contributed by atoms with van der Waals surface area (Å²) in [5, 5.41) is 19.9. The van der Waals surface area contributed by atoms with Gasteiger partial charge in [0.05, 0.1) is 16.6 Å². The lowest BCUT2D eigenvalue weighted by Crippen LogP contribution is -2.03. The smallest absolute Gasteiger partial charge is 0.387 e. The molecular weight excluding hydrogens is 306 g/mol. The maximum absolute atomic E-state index is 12.4. The molecule has 0 aromatic heterocycles. The second-order valence-electron chi connectivity index (χ2n) is 4.39. The van der Waals surface area contributed by atoms with Gasteiger partial charge in [-0.3, -0.25) is 10.1 Å². The van der Waals surface area contributed by atoms with Crippen LogP contribution in [0.4, 0.5) is 14.5 Å². The molecule has 0 saturated heterocycles. The van der Waals surface area contributed by atoms with Crippen LogP contribution in [-0.2, 0) is 0 Å². The van der Waals surface area contributed by atoms with Crippen molar-refractivity contribution >= 4 is 17.3 Å². The molecule has 0 amide bonds. The van der Waals surface area contributed by atoms with E-state index >= 15 is 0 Å². The highest BCUT2D eigenvalue weighted by Crippen LogP contribution is 2.26. The van der Waals surface area contributed by atoms with Gasteiger partial charge in [0, 0.05) is 17.7 Å². The average molecular weight is 316 g/mol. The van der Waals surface area contributed by atoms with Crippen molar-refractivity contribution in [3.05, 3.63) is 69.8 Å². The molecule has 23 heavy (non-hydrogen) atoms. The van der Waals surface area contributed by atoms with Gasteiger partial charge in [0.2, 0.25) is 0 Å². The van der Waals surface area contributed by atoms with Crippen LogP contribution >= 0.6 is 0 Å². The monoisotopic (exact) mass is 316 g/mol. The van der Waals surface area contributed by atoms with Crippen molar-refractivity contribution in [1.82, 2.24) is 0 Å². The number of allylic oxidation sites excluding steroid dienone is 1. The zero-order valence-electron chi connectivity index (χ0n) is 11.6. The molecule has 0 atom stereocenters. The predicted octanol–water partition coefficient (Wildman–Crippen LogP) is 4.26. The summed E-state index contributed by atoms with van der Waals surface area (Å²) >= 11 is 0. The minimum atomic E-state index is -2.98. The number of halogens is 2. The van der Waals surface area contributed by atoms with Crippen molar-refractivity contribution in [3.8, 4) is 11.8 Å². The van der Waals surface area contributed by atoms with Crippen molar-refractivity contribution in [2.45, 2.75) is 6.61 Å². The lowest BCUT2D eigenvalue weighted by Gasteiger charge is -2.08. The van der Waals surface area contributed by atoms with E-state index in [0.717, 1.165) is 0 Å². The first-order chi connectivity index (χ1) is 11.0. The van der Waals surface area contributed by atoms with Crippen LogP contribution in [0.3, 0.4) is 0 Å². The van der Waals surface area contributed by atoms with Crippen LogP contribution in [0.15, 0.2) is 48.5 Å². The van der Waals surface area contributed by atoms with E-state index in [-0.39, 0.29) is 17.0 Å². The molecule has 0 aliphatic heterocycles. The first-order valence-corrected chi connectivity index (χ1v) is 6.41. The van der Waals surface area contributed by atoms with Crippen molar-refractivity contribution in [1.29, 1.82) is 5.26 Å². The maximum atomic E-state index is 12.4. The standard InChI is InChI=1S/C16H10F2N2O3/c17-16(18)23-15-4-2-1-3-12(15)9-13(10-19)11-5-7-14(8-6-11)20(21)22/h1-9,16H/b13-9+. The summed E-state index contributed by atoms with van der Waals surface area (Å²) in [6, 6.07) is 13.4. The molecule has 116 valence electrons. The number of nitriles is 1. The summed E-state index contributed by atoms with van der Waals surface area (Å²) in [6.07, 6.45) is 1.39. The fourth-order valence-corrected chi connectivity index (χ4v) is 1.90. The van der Waals surface area contributed by atoms with E-state index < -0.39 is 11.5 Å². The number of benzene rings is 2. The molecule has 2 aromatic rings. The molecule has 0 fully saturated rings. The van der Waals surface area contributed by atoms with Crippen LogP contribution in [0.5, 0.6) is 5.75 Å². The summed E-state index contributed by atoms with van der Waals surface area (Å²) in [5.41, 5.74) is 0.811. The maximum Gasteiger partial charge on any atom is 0.387 e. The van der Waals surface area contributed by atoms with Crippen molar-refractivity contribution in [2.24, 2.45) is 0 Å². The Morgan fingerprint density at radius 2 is 1.87 bits per heavy atom. The number of nitro benzene ring substituents is 1. The van der Waals surface area contributed by atoms with E-state index in [4.69, 9.17) is 0 Å². The van der Waals surface area contributed by atoms with Crippen LogP contribution in [0, 0.1) is 21.4 Å². The number of hydrogen-bond donors (Lipinski definition) is 0. The Morgan fingerprint density at radius 1 is 1.22 bits per heavy atom. The molecule has 0 N–H and O–H groups in total. The molecule has 7 heteroatoms. The molecule has 2 rings (SSSR count). The number of alkyl halides is 2. The molecule has 5 nitrogen and oxygen atoms in total. The highest BCUT2D eigenvalue weighted by molar-refractivity contribution is 5.90. The van der Waals surface area contributed by atoms with Gasteiger partial charge in [-0.1, -0.05) is 18.2 Å². The van der Waals surface area contributed by atoms with E-state index in [1.807, 2.05) is 6.07 Å². The highest BCUT2D eigenvalue weighted by Gasteiger charge is 2.10. The number of non-ortho nitro benzene ring substituents is 1. The minimum absolute atomic E-state index is 0.0582. The largest absolute Gasteiger partial charge is 0.434 e. The van der Waals surface area contributed by atoms with Crippen molar-refractivity contribution < 1.29 is 18.4 Å². The SMILES string of the molecule is N#C/C(=C\c1ccccc1OC(F)F)c1ccc([N+](=O)[O-])cc1. The quantitative estimate of drug-likeness (QED) is 0.357. The van der Waals surface area contributed by atoms with Gasteiger partial charge in [-0.05, 0) is 29.8 Å². The molecule has 0 radical (unpaired) electrons. The molecule has 0 unspecified atom stereocenters. The Balaban J connectivity index is 2.40. The highest BCUT2D eigenvalue weighted by atomic mass is 19.3. The van der Waals surface area contributed by atoms with E-state index in [0.29, 0.717) is 11.1 Å². The van der Waals surface area contributed by atoms with Crippen molar-refractivity contribution in [2.75, 3.05) is 0 Å². The van der Waals surface area contributed by atoms with E-state index in [9.17, 15) is 24.2 Å². The van der Waals surface area contributed by atoms with E-state index in [1.54, 1.807) is 6.07 Å². The van der Waals surface area contributed by atoms with E-state index in [1.165, 1.54) is 48.5 Å². The van der Waals surface area contributed by atoms with Gasteiger partial charge in [-0.2, -0.15) is 14.0 Å². The number of rotatable bonds is 5. The number of ether oxygens (including phenoxy) is 1. The van der Waals surface area contributed by atoms with Gasteiger partial charge in [-0.15, -0.1) is 0 Å². The molecule has 0 heterocycles. The topological polar surface area (TPSA) is 76.2 Å². The summed E-state index contributed by atoms with van der Waals surface area (Å²) < 4.78 is 29.2. The van der Waals surface area contributed by atoms with Crippen LogP contribution in [0.25, 0.3) is 11.6 Å². The number of nitrogens with zero attached hydrogens (tertiary/aromatic N) is 2. The normalized spacial score (nSPS) is 11.1. The minimum Gasteiger partial charge on any atom is -0.434 e. The predicted molar refractivity (Wildman–Crippen MR) is 79.7 cm³/mol. The Bertz CT molecular complexity index is 781. The van der Waals surface area contributed by atoms with Gasteiger partial charge in [-0.25, -0.2) is 0 Å². The molecular formula is C16H10F2N2O3. The number of nitro groups is 1.